The standard InChI is InChI=1S/C24H27NO5/c1-15(25-23(26)21-3-2-14-29-21)22(18-8-6-17(7-9-18)16-4-5-16)30-20-12-10-19(11-13-20)24(27)28/h6-13,15-16,21-22H,2-5,14H2,1H3,(H,25,26)(H,27,28)/t15?,21-,22?/m1/s1. The first-order valence-electron chi connectivity index (χ1n) is 10.5. The Morgan fingerprint density at radius 3 is 2.33 bits per heavy atom. The molecule has 1 amide bonds. The Hall–Kier alpha value is -2.86. The zero-order valence-electron chi connectivity index (χ0n) is 17.0. The second-order valence-corrected chi connectivity index (χ2v) is 8.11. The fourth-order valence-corrected chi connectivity index (χ4v) is 3.83. The molecule has 2 aromatic carbocycles. The van der Waals surface area contributed by atoms with E-state index in [0.29, 0.717) is 18.3 Å². The van der Waals surface area contributed by atoms with E-state index in [0.717, 1.165) is 18.4 Å². The maximum absolute atomic E-state index is 12.6. The predicted octanol–water partition coefficient (Wildman–Crippen LogP) is 4.07. The number of carbonyl (C=O) groups is 2. The molecule has 2 N–H and O–H groups in total. The molecule has 1 aliphatic carbocycles. The predicted molar refractivity (Wildman–Crippen MR) is 112 cm³/mol. The molecule has 158 valence electrons. The molecule has 0 bridgehead atoms. The highest BCUT2D eigenvalue weighted by Gasteiger charge is 2.29. The molecule has 1 aliphatic heterocycles. The van der Waals surface area contributed by atoms with E-state index in [2.05, 4.69) is 29.6 Å². The van der Waals surface area contributed by atoms with Crippen molar-refractivity contribution >= 4 is 11.9 Å². The van der Waals surface area contributed by atoms with Crippen LogP contribution in [0.5, 0.6) is 5.75 Å². The number of carboxylic acid groups (broad SMARTS) is 1. The summed E-state index contributed by atoms with van der Waals surface area (Å²) in [6.45, 7) is 2.53. The van der Waals surface area contributed by atoms with Crippen molar-refractivity contribution in [1.82, 2.24) is 5.32 Å². The Morgan fingerprint density at radius 1 is 1.07 bits per heavy atom. The van der Waals surface area contributed by atoms with Gasteiger partial charge in [-0.3, -0.25) is 4.79 Å². The third-order valence-corrected chi connectivity index (χ3v) is 5.72. The highest BCUT2D eigenvalue weighted by atomic mass is 16.5. The lowest BCUT2D eigenvalue weighted by Crippen LogP contribution is -2.44. The quantitative estimate of drug-likeness (QED) is 0.687. The van der Waals surface area contributed by atoms with Crippen molar-refractivity contribution in [2.24, 2.45) is 0 Å². The molecule has 2 unspecified atom stereocenters. The van der Waals surface area contributed by atoms with Crippen LogP contribution >= 0.6 is 0 Å². The van der Waals surface area contributed by atoms with E-state index in [9.17, 15) is 9.59 Å². The van der Waals surface area contributed by atoms with E-state index >= 15 is 0 Å². The van der Waals surface area contributed by atoms with Crippen LogP contribution < -0.4 is 10.1 Å². The fourth-order valence-electron chi connectivity index (χ4n) is 3.83. The van der Waals surface area contributed by atoms with Crippen LogP contribution in [0.25, 0.3) is 0 Å². The van der Waals surface area contributed by atoms with Crippen LogP contribution in [-0.4, -0.2) is 35.7 Å². The molecule has 2 aliphatic rings. The average Bonchev–Trinajstić information content (AvgIpc) is 3.45. The molecule has 1 heterocycles. The van der Waals surface area contributed by atoms with Gasteiger partial charge in [0.2, 0.25) is 5.91 Å². The zero-order chi connectivity index (χ0) is 21.1. The number of benzene rings is 2. The molecule has 30 heavy (non-hydrogen) atoms. The molecule has 0 radical (unpaired) electrons. The molecular formula is C24H27NO5. The molecule has 6 heteroatoms. The SMILES string of the molecule is CC(NC(=O)[C@H]1CCCO1)C(Oc1ccc(C(=O)O)cc1)c1ccc(C2CC2)cc1. The highest BCUT2D eigenvalue weighted by molar-refractivity contribution is 5.87. The summed E-state index contributed by atoms with van der Waals surface area (Å²) in [5.41, 5.74) is 2.49. The number of rotatable bonds is 8. The number of ether oxygens (including phenoxy) is 2. The van der Waals surface area contributed by atoms with Crippen molar-refractivity contribution in [2.75, 3.05) is 6.61 Å². The smallest absolute Gasteiger partial charge is 0.335 e. The van der Waals surface area contributed by atoms with Crippen LogP contribution in [0, 0.1) is 0 Å². The fraction of sp³-hybridized carbons (Fsp3) is 0.417. The molecule has 0 aromatic heterocycles. The largest absolute Gasteiger partial charge is 0.484 e. The van der Waals surface area contributed by atoms with Gasteiger partial charge in [0.25, 0.3) is 0 Å². The molecule has 6 nitrogen and oxygen atoms in total. The second kappa shape index (κ2) is 8.88. The van der Waals surface area contributed by atoms with Gasteiger partial charge in [-0.1, -0.05) is 24.3 Å². The van der Waals surface area contributed by atoms with Gasteiger partial charge < -0.3 is 19.9 Å². The number of hydrogen-bond acceptors (Lipinski definition) is 4. The Labute approximate surface area is 176 Å². The summed E-state index contributed by atoms with van der Waals surface area (Å²) in [7, 11) is 0. The summed E-state index contributed by atoms with van der Waals surface area (Å²) in [5, 5.41) is 12.1. The van der Waals surface area contributed by atoms with Gasteiger partial charge in [-0.2, -0.15) is 0 Å². The third-order valence-electron chi connectivity index (χ3n) is 5.72. The first-order chi connectivity index (χ1) is 14.5. The third kappa shape index (κ3) is 4.82. The number of hydrogen-bond donors (Lipinski definition) is 2. The van der Waals surface area contributed by atoms with Gasteiger partial charge in [-0.05, 0) is 73.9 Å². The Kier molecular flexibility index (Phi) is 6.04. The topological polar surface area (TPSA) is 84.9 Å². The number of carbonyl (C=O) groups excluding carboxylic acids is 1. The molecule has 0 spiro atoms. The second-order valence-electron chi connectivity index (χ2n) is 8.11. The molecule has 3 atom stereocenters. The summed E-state index contributed by atoms with van der Waals surface area (Å²) in [5.74, 6) is 0.114. The van der Waals surface area contributed by atoms with E-state index in [4.69, 9.17) is 14.6 Å². The van der Waals surface area contributed by atoms with E-state index in [1.807, 2.05) is 6.92 Å². The maximum Gasteiger partial charge on any atom is 0.335 e. The molecule has 4 rings (SSSR count). The van der Waals surface area contributed by atoms with E-state index < -0.39 is 18.2 Å². The van der Waals surface area contributed by atoms with Crippen molar-refractivity contribution in [3.63, 3.8) is 0 Å². The van der Waals surface area contributed by atoms with Gasteiger partial charge in [0, 0.05) is 6.61 Å². The van der Waals surface area contributed by atoms with Crippen molar-refractivity contribution in [3.05, 3.63) is 65.2 Å². The average molecular weight is 409 g/mol. The Bertz CT molecular complexity index is 883. The summed E-state index contributed by atoms with van der Waals surface area (Å²) in [6.07, 6.45) is 3.29. The number of carboxylic acids is 1. The van der Waals surface area contributed by atoms with Gasteiger partial charge in [0.1, 0.15) is 18.0 Å². The first kappa shape index (κ1) is 20.4. The lowest BCUT2D eigenvalue weighted by atomic mass is 10.00. The molecular weight excluding hydrogens is 382 g/mol. The summed E-state index contributed by atoms with van der Waals surface area (Å²) >= 11 is 0. The molecule has 2 fully saturated rings. The van der Waals surface area contributed by atoms with Crippen molar-refractivity contribution < 1.29 is 24.2 Å². The number of aromatic carboxylic acids is 1. The Morgan fingerprint density at radius 2 is 1.77 bits per heavy atom. The molecule has 1 saturated heterocycles. The summed E-state index contributed by atoms with van der Waals surface area (Å²) in [4.78, 5) is 23.7. The number of amides is 1. The van der Waals surface area contributed by atoms with Gasteiger partial charge in [0.05, 0.1) is 11.6 Å². The van der Waals surface area contributed by atoms with Crippen LogP contribution in [0.1, 0.15) is 66.1 Å². The normalized spacial score (nSPS) is 20.4. The number of nitrogens with one attached hydrogen (secondary N) is 1. The lowest BCUT2D eigenvalue weighted by Gasteiger charge is -2.27. The van der Waals surface area contributed by atoms with E-state index in [1.165, 1.54) is 30.5 Å². The van der Waals surface area contributed by atoms with Crippen LogP contribution in [0.3, 0.4) is 0 Å². The van der Waals surface area contributed by atoms with Gasteiger partial charge in [-0.25, -0.2) is 4.79 Å². The highest BCUT2D eigenvalue weighted by Crippen LogP contribution is 2.40. The van der Waals surface area contributed by atoms with Crippen LogP contribution in [0.2, 0.25) is 0 Å². The van der Waals surface area contributed by atoms with Crippen LogP contribution in [-0.2, 0) is 9.53 Å². The van der Waals surface area contributed by atoms with Gasteiger partial charge in [-0.15, -0.1) is 0 Å². The minimum atomic E-state index is -0.981. The van der Waals surface area contributed by atoms with E-state index in [-0.39, 0.29) is 17.5 Å². The lowest BCUT2D eigenvalue weighted by molar-refractivity contribution is -0.131. The van der Waals surface area contributed by atoms with Crippen LogP contribution in [0.4, 0.5) is 0 Å². The van der Waals surface area contributed by atoms with Gasteiger partial charge >= 0.3 is 5.97 Å². The minimum absolute atomic E-state index is 0.121. The summed E-state index contributed by atoms with van der Waals surface area (Å²) < 4.78 is 11.7. The van der Waals surface area contributed by atoms with Crippen LogP contribution in [0.15, 0.2) is 48.5 Å². The first-order valence-corrected chi connectivity index (χ1v) is 10.5. The van der Waals surface area contributed by atoms with Crippen molar-refractivity contribution in [2.45, 2.75) is 56.8 Å². The zero-order valence-corrected chi connectivity index (χ0v) is 17.0. The molecule has 2 aromatic rings. The Balaban J connectivity index is 1.53. The monoisotopic (exact) mass is 409 g/mol. The molecule has 1 saturated carbocycles. The van der Waals surface area contributed by atoms with Gasteiger partial charge in [0.15, 0.2) is 0 Å². The minimum Gasteiger partial charge on any atom is -0.484 e. The maximum atomic E-state index is 12.6. The summed E-state index contributed by atoms with van der Waals surface area (Å²) in [6, 6.07) is 14.4. The van der Waals surface area contributed by atoms with Crippen molar-refractivity contribution in [3.8, 4) is 5.75 Å². The van der Waals surface area contributed by atoms with E-state index in [1.54, 1.807) is 12.1 Å². The van der Waals surface area contributed by atoms with Crippen molar-refractivity contribution in [1.29, 1.82) is 0 Å².